The van der Waals surface area contributed by atoms with Crippen molar-refractivity contribution in [3.8, 4) is 0 Å². The first-order valence-electron chi connectivity index (χ1n) is 15.3. The SMILES string of the molecule is CCCCCCCCCCCCC(CCCC)COC(=O)C(C)CCCCCCCCCC. The van der Waals surface area contributed by atoms with Gasteiger partial charge < -0.3 is 4.74 Å². The fourth-order valence-corrected chi connectivity index (χ4v) is 4.77. The number of carbonyl (C=O) groups is 1. The first-order valence-corrected chi connectivity index (χ1v) is 15.3. The predicted octanol–water partition coefficient (Wildman–Crippen LogP) is 10.8. The molecule has 0 aliphatic carbocycles. The standard InChI is InChI=1S/C31H62O2/c1-5-8-11-13-15-17-18-20-22-24-27-30(26-10-7-3)28-33-31(32)29(4)25-23-21-19-16-14-12-9-6-2/h29-30H,5-28H2,1-4H3. The van der Waals surface area contributed by atoms with Gasteiger partial charge in [0.1, 0.15) is 0 Å². The minimum atomic E-state index is 0.0440. The van der Waals surface area contributed by atoms with Gasteiger partial charge in [-0.3, -0.25) is 4.79 Å². The van der Waals surface area contributed by atoms with E-state index in [0.29, 0.717) is 12.5 Å². The highest BCUT2D eigenvalue weighted by Gasteiger charge is 2.17. The molecule has 0 aromatic carbocycles. The Hall–Kier alpha value is -0.530. The number of esters is 1. The van der Waals surface area contributed by atoms with Gasteiger partial charge in [-0.05, 0) is 25.2 Å². The summed E-state index contributed by atoms with van der Waals surface area (Å²) in [5.41, 5.74) is 0. The topological polar surface area (TPSA) is 26.3 Å². The Bertz CT molecular complexity index is 392. The maximum absolute atomic E-state index is 12.5. The van der Waals surface area contributed by atoms with E-state index in [1.54, 1.807) is 0 Å². The zero-order valence-electron chi connectivity index (χ0n) is 23.4. The molecular weight excluding hydrogens is 404 g/mol. The van der Waals surface area contributed by atoms with Crippen LogP contribution in [0.2, 0.25) is 0 Å². The van der Waals surface area contributed by atoms with Gasteiger partial charge in [0.2, 0.25) is 0 Å². The molecule has 0 saturated heterocycles. The summed E-state index contributed by atoms with van der Waals surface area (Å²) in [4.78, 5) is 12.5. The summed E-state index contributed by atoms with van der Waals surface area (Å²) in [6.45, 7) is 9.53. The van der Waals surface area contributed by atoms with Crippen molar-refractivity contribution in [2.24, 2.45) is 11.8 Å². The van der Waals surface area contributed by atoms with Crippen LogP contribution in [0.25, 0.3) is 0 Å². The van der Waals surface area contributed by atoms with Gasteiger partial charge in [0.25, 0.3) is 0 Å². The molecule has 0 radical (unpaired) electrons. The molecule has 0 saturated carbocycles. The third-order valence-electron chi connectivity index (χ3n) is 7.29. The van der Waals surface area contributed by atoms with Gasteiger partial charge in [-0.2, -0.15) is 0 Å². The lowest BCUT2D eigenvalue weighted by molar-refractivity contribution is -0.149. The first kappa shape index (κ1) is 32.5. The smallest absolute Gasteiger partial charge is 0.308 e. The zero-order valence-corrected chi connectivity index (χ0v) is 23.4. The number of unbranched alkanes of at least 4 members (excludes halogenated alkanes) is 17. The molecule has 0 amide bonds. The maximum atomic E-state index is 12.5. The predicted molar refractivity (Wildman–Crippen MR) is 147 cm³/mol. The second-order valence-electron chi connectivity index (χ2n) is 10.8. The van der Waals surface area contributed by atoms with E-state index in [1.807, 2.05) is 0 Å². The van der Waals surface area contributed by atoms with Crippen molar-refractivity contribution in [3.05, 3.63) is 0 Å². The van der Waals surface area contributed by atoms with Crippen LogP contribution in [-0.4, -0.2) is 12.6 Å². The first-order chi connectivity index (χ1) is 16.2. The molecule has 0 aromatic heterocycles. The van der Waals surface area contributed by atoms with Crippen molar-refractivity contribution in [2.45, 2.75) is 175 Å². The van der Waals surface area contributed by atoms with Crippen LogP contribution < -0.4 is 0 Å². The molecule has 2 unspecified atom stereocenters. The zero-order chi connectivity index (χ0) is 24.4. The number of carbonyl (C=O) groups excluding carboxylic acids is 1. The molecule has 0 heterocycles. The van der Waals surface area contributed by atoms with Gasteiger partial charge in [0.05, 0.1) is 12.5 Å². The van der Waals surface area contributed by atoms with E-state index in [2.05, 4.69) is 27.7 Å². The molecule has 0 fully saturated rings. The second-order valence-corrected chi connectivity index (χ2v) is 10.8. The third kappa shape index (κ3) is 23.0. The van der Waals surface area contributed by atoms with Crippen molar-refractivity contribution in [3.63, 3.8) is 0 Å². The summed E-state index contributed by atoms with van der Waals surface area (Å²) in [7, 11) is 0. The quantitative estimate of drug-likeness (QED) is 0.0935. The molecule has 0 bridgehead atoms. The number of hydrogen-bond donors (Lipinski definition) is 0. The normalized spacial score (nSPS) is 13.2. The van der Waals surface area contributed by atoms with Gasteiger partial charge in [0, 0.05) is 0 Å². The van der Waals surface area contributed by atoms with E-state index in [4.69, 9.17) is 4.74 Å². The van der Waals surface area contributed by atoms with Crippen LogP contribution in [0, 0.1) is 11.8 Å². The van der Waals surface area contributed by atoms with Crippen LogP contribution in [0.5, 0.6) is 0 Å². The Morgan fingerprint density at radius 1 is 0.515 bits per heavy atom. The van der Waals surface area contributed by atoms with Crippen molar-refractivity contribution in [1.82, 2.24) is 0 Å². The van der Waals surface area contributed by atoms with Crippen molar-refractivity contribution < 1.29 is 9.53 Å². The number of rotatable bonds is 26. The third-order valence-corrected chi connectivity index (χ3v) is 7.29. The minimum absolute atomic E-state index is 0.0440. The molecule has 0 aromatic rings. The molecule has 0 N–H and O–H groups in total. The molecule has 2 heteroatoms. The Morgan fingerprint density at radius 2 is 0.879 bits per heavy atom. The van der Waals surface area contributed by atoms with Crippen LogP contribution in [0.1, 0.15) is 175 Å². The van der Waals surface area contributed by atoms with E-state index in [0.717, 1.165) is 6.42 Å². The van der Waals surface area contributed by atoms with Crippen molar-refractivity contribution in [1.29, 1.82) is 0 Å². The van der Waals surface area contributed by atoms with Crippen LogP contribution in [-0.2, 0) is 9.53 Å². The average Bonchev–Trinajstić information content (AvgIpc) is 2.82. The van der Waals surface area contributed by atoms with Gasteiger partial charge in [-0.25, -0.2) is 0 Å². The Balaban J connectivity index is 3.84. The molecule has 0 aliphatic rings. The average molecular weight is 467 g/mol. The maximum Gasteiger partial charge on any atom is 0.308 e. The van der Waals surface area contributed by atoms with E-state index < -0.39 is 0 Å². The van der Waals surface area contributed by atoms with Gasteiger partial charge in [-0.1, -0.05) is 156 Å². The van der Waals surface area contributed by atoms with Crippen molar-refractivity contribution >= 4 is 5.97 Å². The minimum Gasteiger partial charge on any atom is -0.465 e. The van der Waals surface area contributed by atoms with E-state index >= 15 is 0 Å². The number of ether oxygens (including phenoxy) is 1. The Labute approximate surface area is 209 Å². The highest BCUT2D eigenvalue weighted by Crippen LogP contribution is 2.20. The largest absolute Gasteiger partial charge is 0.465 e. The molecule has 198 valence electrons. The lowest BCUT2D eigenvalue weighted by atomic mass is 9.95. The fraction of sp³-hybridized carbons (Fsp3) is 0.968. The van der Waals surface area contributed by atoms with Gasteiger partial charge in [-0.15, -0.1) is 0 Å². The lowest BCUT2D eigenvalue weighted by Crippen LogP contribution is -2.19. The summed E-state index contributed by atoms with van der Waals surface area (Å²) in [6, 6.07) is 0. The highest BCUT2D eigenvalue weighted by molar-refractivity contribution is 5.71. The van der Waals surface area contributed by atoms with E-state index in [1.165, 1.54) is 141 Å². The summed E-state index contributed by atoms with van der Waals surface area (Å²) in [6.07, 6.45) is 30.4. The molecule has 33 heavy (non-hydrogen) atoms. The Morgan fingerprint density at radius 3 is 1.33 bits per heavy atom. The summed E-state index contributed by atoms with van der Waals surface area (Å²) in [5, 5.41) is 0. The molecule has 0 aliphatic heterocycles. The van der Waals surface area contributed by atoms with E-state index in [9.17, 15) is 4.79 Å². The monoisotopic (exact) mass is 466 g/mol. The van der Waals surface area contributed by atoms with Crippen molar-refractivity contribution in [2.75, 3.05) is 6.61 Å². The summed E-state index contributed by atoms with van der Waals surface area (Å²) < 4.78 is 5.79. The van der Waals surface area contributed by atoms with Crippen LogP contribution in [0.4, 0.5) is 0 Å². The van der Waals surface area contributed by atoms with E-state index in [-0.39, 0.29) is 11.9 Å². The summed E-state index contributed by atoms with van der Waals surface area (Å²) in [5.74, 6) is 0.676. The van der Waals surface area contributed by atoms with Crippen LogP contribution >= 0.6 is 0 Å². The lowest BCUT2D eigenvalue weighted by Gasteiger charge is -2.18. The molecule has 2 atom stereocenters. The molecule has 0 spiro atoms. The molecule has 0 rings (SSSR count). The van der Waals surface area contributed by atoms with Gasteiger partial charge >= 0.3 is 5.97 Å². The van der Waals surface area contributed by atoms with Gasteiger partial charge in [0.15, 0.2) is 0 Å². The van der Waals surface area contributed by atoms with Crippen LogP contribution in [0.3, 0.4) is 0 Å². The van der Waals surface area contributed by atoms with Crippen LogP contribution in [0.15, 0.2) is 0 Å². The highest BCUT2D eigenvalue weighted by atomic mass is 16.5. The second kappa shape index (κ2) is 26.1. The fourth-order valence-electron chi connectivity index (χ4n) is 4.77. The Kier molecular flexibility index (Phi) is 25.7. The molecule has 2 nitrogen and oxygen atoms in total. The summed E-state index contributed by atoms with van der Waals surface area (Å²) >= 11 is 0. The number of hydrogen-bond acceptors (Lipinski definition) is 2. The molecular formula is C31H62O2.